The van der Waals surface area contributed by atoms with E-state index in [0.29, 0.717) is 11.9 Å². The van der Waals surface area contributed by atoms with Gasteiger partial charge in [-0.15, -0.1) is 27.1 Å². The number of primary amides is 1. The van der Waals surface area contributed by atoms with Gasteiger partial charge in [0.15, 0.2) is 11.6 Å². The lowest BCUT2D eigenvalue weighted by atomic mass is 10.0. The number of hydrogen-bond acceptors (Lipinski definition) is 9. The second kappa shape index (κ2) is 7.49. The van der Waals surface area contributed by atoms with Crippen LogP contribution in [0.2, 0.25) is 0 Å². The van der Waals surface area contributed by atoms with Gasteiger partial charge in [-0.3, -0.25) is 4.79 Å². The first kappa shape index (κ1) is 19.7. The highest BCUT2D eigenvalue weighted by molar-refractivity contribution is 7.97. The topological polar surface area (TPSA) is 143 Å². The van der Waals surface area contributed by atoms with Crippen LogP contribution in [0.15, 0.2) is 6.07 Å². The molecular formula is C13H13F3N10OS. The van der Waals surface area contributed by atoms with E-state index >= 15 is 0 Å². The third-order valence-electron chi connectivity index (χ3n) is 3.51. The second-order valence-electron chi connectivity index (χ2n) is 5.55. The summed E-state index contributed by atoms with van der Waals surface area (Å²) in [6.45, 7) is 0. The van der Waals surface area contributed by atoms with E-state index in [9.17, 15) is 18.0 Å². The number of carbonyl (C=O) groups is 1. The fraction of sp³-hybridized carbons (Fsp3) is 0.385. The Labute approximate surface area is 159 Å². The summed E-state index contributed by atoms with van der Waals surface area (Å²) in [7, 11) is 3.02. The molecule has 15 heteroatoms. The van der Waals surface area contributed by atoms with Crippen LogP contribution in [0.4, 0.5) is 13.2 Å². The van der Waals surface area contributed by atoms with E-state index in [4.69, 9.17) is 5.73 Å². The molecule has 0 saturated carbocycles. The molecule has 0 fully saturated rings. The second-order valence-corrected chi connectivity index (χ2v) is 6.54. The summed E-state index contributed by atoms with van der Waals surface area (Å²) in [4.78, 5) is 16.9. The number of aromatic nitrogens is 9. The summed E-state index contributed by atoms with van der Waals surface area (Å²) in [6.07, 6.45) is -4.73. The first-order valence-corrected chi connectivity index (χ1v) is 8.76. The van der Waals surface area contributed by atoms with Crippen LogP contribution in [0.5, 0.6) is 0 Å². The Balaban J connectivity index is 2.03. The maximum Gasteiger partial charge on any atom is 0.433 e. The summed E-state index contributed by atoms with van der Waals surface area (Å²) in [6, 6.07) is 0.712. The van der Waals surface area contributed by atoms with E-state index in [2.05, 4.69) is 35.9 Å². The Morgan fingerprint density at radius 1 is 1.21 bits per heavy atom. The summed E-state index contributed by atoms with van der Waals surface area (Å²) in [5.74, 6) is -0.377. The highest BCUT2D eigenvalue weighted by Gasteiger charge is 2.35. The summed E-state index contributed by atoms with van der Waals surface area (Å²) in [5.41, 5.74) is 3.81. The molecule has 1 amide bonds. The molecule has 0 aromatic carbocycles. The van der Waals surface area contributed by atoms with E-state index in [-0.39, 0.29) is 34.2 Å². The number of thioether (sulfide) groups is 1. The number of alkyl halides is 3. The number of rotatable bonds is 6. The molecule has 3 aromatic rings. The highest BCUT2D eigenvalue weighted by atomic mass is 32.2. The predicted octanol–water partition coefficient (Wildman–Crippen LogP) is 0.347. The van der Waals surface area contributed by atoms with Gasteiger partial charge in [-0.2, -0.15) is 18.0 Å². The molecule has 0 atom stereocenters. The van der Waals surface area contributed by atoms with E-state index in [0.717, 1.165) is 16.4 Å². The molecule has 3 rings (SSSR count). The minimum atomic E-state index is -4.73. The fourth-order valence-corrected chi connectivity index (χ4v) is 3.18. The first-order valence-electron chi connectivity index (χ1n) is 7.61. The van der Waals surface area contributed by atoms with Crippen molar-refractivity contribution in [2.24, 2.45) is 19.8 Å². The van der Waals surface area contributed by atoms with Crippen LogP contribution in [-0.2, 0) is 31.8 Å². The minimum Gasteiger partial charge on any atom is -0.366 e. The lowest BCUT2D eigenvalue weighted by Crippen LogP contribution is -2.20. The van der Waals surface area contributed by atoms with Gasteiger partial charge in [0.1, 0.15) is 5.69 Å². The van der Waals surface area contributed by atoms with Crippen molar-refractivity contribution in [1.82, 2.24) is 45.4 Å². The molecule has 0 bridgehead atoms. The number of aryl methyl sites for hydroxylation is 2. The van der Waals surface area contributed by atoms with E-state index in [1.807, 2.05) is 0 Å². The number of tetrazole rings is 2. The number of hydrogen-bond donors (Lipinski definition) is 1. The largest absolute Gasteiger partial charge is 0.433 e. The molecule has 11 nitrogen and oxygen atoms in total. The van der Waals surface area contributed by atoms with Gasteiger partial charge in [0.25, 0.3) is 5.91 Å². The lowest BCUT2D eigenvalue weighted by Gasteiger charge is -2.14. The minimum absolute atomic E-state index is 0.0384. The normalized spacial score (nSPS) is 11.8. The monoisotopic (exact) mass is 414 g/mol. The number of nitrogens with zero attached hydrogens (tertiary/aromatic N) is 9. The summed E-state index contributed by atoms with van der Waals surface area (Å²) < 4.78 is 41.2. The van der Waals surface area contributed by atoms with Crippen molar-refractivity contribution in [3.8, 4) is 11.4 Å². The molecule has 148 valence electrons. The van der Waals surface area contributed by atoms with Gasteiger partial charge in [-0.1, -0.05) is 0 Å². The maximum absolute atomic E-state index is 13.3. The zero-order chi connectivity index (χ0) is 20.5. The number of halogens is 3. The molecule has 0 aliphatic heterocycles. The van der Waals surface area contributed by atoms with Crippen LogP contribution in [0, 0.1) is 0 Å². The number of nitrogens with two attached hydrogens (primary N) is 1. The average molecular weight is 414 g/mol. The quantitative estimate of drug-likeness (QED) is 0.604. The molecule has 0 spiro atoms. The number of pyridine rings is 1. The average Bonchev–Trinajstić information content (AvgIpc) is 3.21. The van der Waals surface area contributed by atoms with Gasteiger partial charge in [0.05, 0.1) is 24.1 Å². The zero-order valence-corrected chi connectivity index (χ0v) is 15.4. The highest BCUT2D eigenvalue weighted by Crippen LogP contribution is 2.34. The maximum atomic E-state index is 13.3. The van der Waals surface area contributed by atoms with Crippen LogP contribution in [-0.4, -0.2) is 51.3 Å². The number of carbonyl (C=O) groups excluding carboxylic acids is 1. The van der Waals surface area contributed by atoms with Crippen molar-refractivity contribution in [3.05, 3.63) is 28.8 Å². The van der Waals surface area contributed by atoms with Gasteiger partial charge < -0.3 is 5.73 Å². The fourth-order valence-electron chi connectivity index (χ4n) is 2.38. The van der Waals surface area contributed by atoms with Gasteiger partial charge in [-0.05, 0) is 21.7 Å². The zero-order valence-electron chi connectivity index (χ0n) is 14.5. The predicted molar refractivity (Wildman–Crippen MR) is 89.3 cm³/mol. The smallest absolute Gasteiger partial charge is 0.366 e. The van der Waals surface area contributed by atoms with Crippen LogP contribution in [0.3, 0.4) is 0 Å². The standard InChI is InChI=1S/C13H13F3N10OS/c1-25-12(20-22-24-25)6-3-8(13(14,15)16)18-7(10(6)11(17)27)4-28-5-9-19-23-26(2)21-9/h3H,4-5H2,1-2H3,(H2,17,27). The van der Waals surface area contributed by atoms with Crippen molar-refractivity contribution in [1.29, 1.82) is 0 Å². The van der Waals surface area contributed by atoms with Crippen LogP contribution in [0.1, 0.15) is 27.6 Å². The van der Waals surface area contributed by atoms with Crippen molar-refractivity contribution >= 4 is 17.7 Å². The first-order chi connectivity index (χ1) is 13.2. The van der Waals surface area contributed by atoms with Crippen molar-refractivity contribution in [2.75, 3.05) is 0 Å². The van der Waals surface area contributed by atoms with Crippen LogP contribution < -0.4 is 5.73 Å². The SMILES string of the molecule is Cn1nnc(CSCc2nc(C(F)(F)F)cc(-c3nnnn3C)c2C(N)=O)n1. The van der Waals surface area contributed by atoms with Gasteiger partial charge in [0, 0.05) is 18.4 Å². The molecule has 2 N–H and O–H groups in total. The van der Waals surface area contributed by atoms with Crippen molar-refractivity contribution in [2.45, 2.75) is 17.7 Å². The summed E-state index contributed by atoms with van der Waals surface area (Å²) >= 11 is 1.16. The molecule has 3 aromatic heterocycles. The molecular weight excluding hydrogens is 401 g/mol. The van der Waals surface area contributed by atoms with E-state index in [1.54, 1.807) is 7.05 Å². The van der Waals surface area contributed by atoms with Gasteiger partial charge >= 0.3 is 6.18 Å². The van der Waals surface area contributed by atoms with Crippen LogP contribution in [0.25, 0.3) is 11.4 Å². The molecule has 0 saturated heterocycles. The van der Waals surface area contributed by atoms with Crippen molar-refractivity contribution < 1.29 is 18.0 Å². The molecule has 0 radical (unpaired) electrons. The Hall–Kier alpha value is -3.10. The Bertz CT molecular complexity index is 1010. The molecule has 0 unspecified atom stereocenters. The third-order valence-corrected chi connectivity index (χ3v) is 4.45. The Morgan fingerprint density at radius 3 is 2.50 bits per heavy atom. The number of amides is 1. The van der Waals surface area contributed by atoms with Crippen molar-refractivity contribution in [3.63, 3.8) is 0 Å². The molecule has 0 aliphatic carbocycles. The molecule has 0 aliphatic rings. The van der Waals surface area contributed by atoms with Crippen LogP contribution >= 0.6 is 11.8 Å². The van der Waals surface area contributed by atoms with E-state index in [1.165, 1.54) is 11.8 Å². The Morgan fingerprint density at radius 2 is 1.96 bits per heavy atom. The molecule has 3 heterocycles. The lowest BCUT2D eigenvalue weighted by molar-refractivity contribution is -0.141. The van der Waals surface area contributed by atoms with Gasteiger partial charge in [-0.25, -0.2) is 9.67 Å². The third kappa shape index (κ3) is 4.08. The summed E-state index contributed by atoms with van der Waals surface area (Å²) in [5, 5.41) is 22.1. The Kier molecular flexibility index (Phi) is 5.26. The van der Waals surface area contributed by atoms with Gasteiger partial charge in [0.2, 0.25) is 0 Å². The van der Waals surface area contributed by atoms with E-state index < -0.39 is 17.8 Å². The molecule has 28 heavy (non-hydrogen) atoms.